The average Bonchev–Trinajstić information content (AvgIpc) is 2.35. The second kappa shape index (κ2) is 6.19. The molecule has 0 bridgehead atoms. The van der Waals surface area contributed by atoms with Gasteiger partial charge < -0.3 is 10.1 Å². The van der Waals surface area contributed by atoms with Crippen LogP contribution in [0.15, 0.2) is 36.9 Å². The van der Waals surface area contributed by atoms with Crippen LogP contribution in [-0.4, -0.2) is 18.6 Å². The lowest BCUT2D eigenvalue weighted by Gasteiger charge is -2.28. The van der Waals surface area contributed by atoms with Gasteiger partial charge in [0.15, 0.2) is 0 Å². The second-order valence-corrected chi connectivity index (χ2v) is 4.29. The van der Waals surface area contributed by atoms with E-state index in [1.807, 2.05) is 0 Å². The average molecular weight is 251 g/mol. The molecule has 0 aromatic heterocycles. The first-order valence-corrected chi connectivity index (χ1v) is 5.75. The number of benzene rings is 1. The largest absolute Gasteiger partial charge is 0.467 e. The van der Waals surface area contributed by atoms with Crippen molar-refractivity contribution in [2.75, 3.05) is 12.4 Å². The van der Waals surface area contributed by atoms with E-state index in [0.29, 0.717) is 18.5 Å². The smallest absolute Gasteiger partial charge is 0.331 e. The fourth-order valence-electron chi connectivity index (χ4n) is 1.72. The zero-order chi connectivity index (χ0) is 13.6. The molecule has 1 aromatic rings. The molecule has 0 amide bonds. The third-order valence-electron chi connectivity index (χ3n) is 2.73. The van der Waals surface area contributed by atoms with E-state index in [1.54, 1.807) is 25.1 Å². The Bertz CT molecular complexity index is 434. The number of halogens is 1. The summed E-state index contributed by atoms with van der Waals surface area (Å²) in [5.41, 5.74) is -0.344. The molecular weight excluding hydrogens is 233 g/mol. The summed E-state index contributed by atoms with van der Waals surface area (Å²) in [4.78, 5) is 11.8. The lowest BCUT2D eigenvalue weighted by atomic mass is 9.95. The van der Waals surface area contributed by atoms with Gasteiger partial charge in [0.2, 0.25) is 0 Å². The van der Waals surface area contributed by atoms with Crippen LogP contribution in [-0.2, 0) is 9.53 Å². The van der Waals surface area contributed by atoms with Crippen LogP contribution in [0.4, 0.5) is 10.1 Å². The number of carbonyl (C=O) groups excluding carboxylic acids is 1. The van der Waals surface area contributed by atoms with Crippen LogP contribution in [0.1, 0.15) is 19.8 Å². The van der Waals surface area contributed by atoms with Gasteiger partial charge in [-0.15, -0.1) is 6.58 Å². The van der Waals surface area contributed by atoms with E-state index >= 15 is 0 Å². The number of anilines is 1. The van der Waals surface area contributed by atoms with Crippen LogP contribution >= 0.6 is 0 Å². The zero-order valence-corrected chi connectivity index (χ0v) is 10.7. The minimum absolute atomic E-state index is 0.351. The highest BCUT2D eigenvalue weighted by Gasteiger charge is 2.33. The summed E-state index contributed by atoms with van der Waals surface area (Å²) in [6.07, 6.45) is 2.92. The van der Waals surface area contributed by atoms with Crippen LogP contribution < -0.4 is 5.32 Å². The Labute approximate surface area is 107 Å². The summed E-state index contributed by atoms with van der Waals surface area (Å²) in [6.45, 7) is 5.36. The molecule has 0 aliphatic rings. The molecule has 98 valence electrons. The molecule has 4 heteroatoms. The molecule has 3 nitrogen and oxygen atoms in total. The third kappa shape index (κ3) is 3.58. The molecule has 0 fully saturated rings. The molecule has 0 aliphatic carbocycles. The molecule has 1 rings (SSSR count). The van der Waals surface area contributed by atoms with Gasteiger partial charge in [-0.05, 0) is 38.0 Å². The van der Waals surface area contributed by atoms with E-state index in [2.05, 4.69) is 11.9 Å². The number of esters is 1. The van der Waals surface area contributed by atoms with E-state index < -0.39 is 5.54 Å². The van der Waals surface area contributed by atoms with Gasteiger partial charge in [-0.3, -0.25) is 0 Å². The van der Waals surface area contributed by atoms with Crippen LogP contribution in [0.5, 0.6) is 0 Å². The van der Waals surface area contributed by atoms with Gasteiger partial charge in [0.25, 0.3) is 0 Å². The second-order valence-electron chi connectivity index (χ2n) is 4.29. The number of allylic oxidation sites excluding steroid dienone is 1. The predicted molar refractivity (Wildman–Crippen MR) is 69.9 cm³/mol. The van der Waals surface area contributed by atoms with Crippen LogP contribution in [0.2, 0.25) is 0 Å². The normalized spacial score (nSPS) is 13.5. The van der Waals surface area contributed by atoms with Crippen molar-refractivity contribution in [2.24, 2.45) is 0 Å². The highest BCUT2D eigenvalue weighted by molar-refractivity contribution is 5.84. The SMILES string of the molecule is C=CCCC(C)(Nc1cccc(F)c1)C(=O)OC. The van der Waals surface area contributed by atoms with E-state index in [4.69, 9.17) is 4.74 Å². The number of carbonyl (C=O) groups is 1. The van der Waals surface area contributed by atoms with Crippen molar-refractivity contribution in [3.8, 4) is 0 Å². The van der Waals surface area contributed by atoms with Crippen LogP contribution in [0, 0.1) is 5.82 Å². The first kappa shape index (κ1) is 14.2. The number of ether oxygens (including phenoxy) is 1. The Morgan fingerprint density at radius 1 is 1.61 bits per heavy atom. The molecule has 1 aromatic carbocycles. The van der Waals surface area contributed by atoms with Crippen molar-refractivity contribution in [2.45, 2.75) is 25.3 Å². The summed E-state index contributed by atoms with van der Waals surface area (Å²) >= 11 is 0. The number of hydrogen-bond donors (Lipinski definition) is 1. The highest BCUT2D eigenvalue weighted by Crippen LogP contribution is 2.22. The summed E-state index contributed by atoms with van der Waals surface area (Å²) in [7, 11) is 1.34. The van der Waals surface area contributed by atoms with Crippen molar-refractivity contribution in [3.05, 3.63) is 42.7 Å². The Hall–Kier alpha value is -1.84. The molecule has 0 saturated carbocycles. The number of rotatable bonds is 6. The van der Waals surface area contributed by atoms with Crippen LogP contribution in [0.25, 0.3) is 0 Å². The van der Waals surface area contributed by atoms with Crippen molar-refractivity contribution in [3.63, 3.8) is 0 Å². The Morgan fingerprint density at radius 3 is 2.89 bits per heavy atom. The van der Waals surface area contributed by atoms with E-state index in [9.17, 15) is 9.18 Å². The fraction of sp³-hybridized carbons (Fsp3) is 0.357. The van der Waals surface area contributed by atoms with Gasteiger partial charge in [0, 0.05) is 5.69 Å². The van der Waals surface area contributed by atoms with E-state index in [0.717, 1.165) is 0 Å². The number of methoxy groups -OCH3 is 1. The lowest BCUT2D eigenvalue weighted by Crippen LogP contribution is -2.44. The zero-order valence-electron chi connectivity index (χ0n) is 10.7. The van der Waals surface area contributed by atoms with E-state index in [-0.39, 0.29) is 11.8 Å². The fourth-order valence-corrected chi connectivity index (χ4v) is 1.72. The van der Waals surface area contributed by atoms with Gasteiger partial charge in [0.05, 0.1) is 7.11 Å². The van der Waals surface area contributed by atoms with Gasteiger partial charge in [-0.25, -0.2) is 9.18 Å². The summed E-state index contributed by atoms with van der Waals surface area (Å²) in [6, 6.07) is 5.99. The first-order chi connectivity index (χ1) is 8.51. The van der Waals surface area contributed by atoms with Crippen LogP contribution in [0.3, 0.4) is 0 Å². The Morgan fingerprint density at radius 2 is 2.33 bits per heavy atom. The summed E-state index contributed by atoms with van der Waals surface area (Å²) in [5.74, 6) is -0.732. The first-order valence-electron chi connectivity index (χ1n) is 5.75. The maximum Gasteiger partial charge on any atom is 0.331 e. The summed E-state index contributed by atoms with van der Waals surface area (Å²) in [5, 5.41) is 3.02. The quantitative estimate of drug-likeness (QED) is 0.623. The maximum atomic E-state index is 13.1. The molecule has 18 heavy (non-hydrogen) atoms. The highest BCUT2D eigenvalue weighted by atomic mass is 19.1. The monoisotopic (exact) mass is 251 g/mol. The standard InChI is InChI=1S/C14H18FNO2/c1-4-5-9-14(2,13(17)18-3)16-12-8-6-7-11(15)10-12/h4,6-8,10,16H,1,5,9H2,2-3H3. The number of hydrogen-bond acceptors (Lipinski definition) is 3. The Kier molecular flexibility index (Phi) is 4.89. The molecule has 1 N–H and O–H groups in total. The van der Waals surface area contributed by atoms with Gasteiger partial charge in [0.1, 0.15) is 11.4 Å². The number of nitrogens with one attached hydrogen (secondary N) is 1. The van der Waals surface area contributed by atoms with Crippen molar-refractivity contribution >= 4 is 11.7 Å². The van der Waals surface area contributed by atoms with Gasteiger partial charge in [-0.2, -0.15) is 0 Å². The lowest BCUT2D eigenvalue weighted by molar-refractivity contribution is -0.145. The minimum Gasteiger partial charge on any atom is -0.467 e. The molecule has 0 spiro atoms. The van der Waals surface area contributed by atoms with E-state index in [1.165, 1.54) is 19.2 Å². The Balaban J connectivity index is 2.90. The van der Waals surface area contributed by atoms with Gasteiger partial charge >= 0.3 is 5.97 Å². The maximum absolute atomic E-state index is 13.1. The topological polar surface area (TPSA) is 38.3 Å². The molecule has 0 saturated heterocycles. The molecule has 0 radical (unpaired) electrons. The van der Waals surface area contributed by atoms with Crippen molar-refractivity contribution < 1.29 is 13.9 Å². The van der Waals surface area contributed by atoms with Crippen molar-refractivity contribution in [1.29, 1.82) is 0 Å². The third-order valence-corrected chi connectivity index (χ3v) is 2.73. The predicted octanol–water partition coefficient (Wildman–Crippen LogP) is 3.14. The van der Waals surface area contributed by atoms with Crippen molar-refractivity contribution in [1.82, 2.24) is 0 Å². The molecule has 1 atom stereocenters. The molecular formula is C14H18FNO2. The molecule has 0 heterocycles. The van der Waals surface area contributed by atoms with Gasteiger partial charge in [-0.1, -0.05) is 12.1 Å². The summed E-state index contributed by atoms with van der Waals surface area (Å²) < 4.78 is 17.9. The molecule has 1 unspecified atom stereocenters. The molecule has 0 aliphatic heterocycles. The minimum atomic E-state index is -0.892.